The summed E-state index contributed by atoms with van der Waals surface area (Å²) in [4.78, 5) is 41.5. The third-order valence-corrected chi connectivity index (χ3v) is 8.46. The summed E-state index contributed by atoms with van der Waals surface area (Å²) < 4.78 is 16.1. The lowest BCUT2D eigenvalue weighted by Crippen LogP contribution is -2.47. The van der Waals surface area contributed by atoms with Gasteiger partial charge in [-0.2, -0.15) is 0 Å². The molecule has 1 saturated heterocycles. The monoisotopic (exact) mass is 578 g/mol. The molecule has 1 fully saturated rings. The topological polar surface area (TPSA) is 83.4 Å². The second kappa shape index (κ2) is 11.2. The smallest absolute Gasteiger partial charge is 0.255 e. The third-order valence-electron chi connectivity index (χ3n) is 8.46. The van der Waals surface area contributed by atoms with Crippen molar-refractivity contribution in [2.45, 2.75) is 45.1 Å². The highest BCUT2D eigenvalue weighted by Gasteiger charge is 2.35. The fourth-order valence-electron chi connectivity index (χ4n) is 6.22. The second-order valence-corrected chi connectivity index (χ2v) is 12.6. The summed E-state index contributed by atoms with van der Waals surface area (Å²) >= 11 is 0. The number of halogens is 1. The van der Waals surface area contributed by atoms with Crippen molar-refractivity contribution in [3.8, 4) is 0 Å². The highest BCUT2D eigenvalue weighted by molar-refractivity contribution is 6.09. The van der Waals surface area contributed by atoms with Crippen LogP contribution in [0.3, 0.4) is 0 Å². The number of anilines is 3. The number of piperidine rings is 1. The predicted octanol–water partition coefficient (Wildman–Crippen LogP) is 6.41. The van der Waals surface area contributed by atoms with Crippen LogP contribution in [0.1, 0.15) is 65.1 Å². The lowest BCUT2D eigenvalue weighted by atomic mass is 9.83. The maximum atomic E-state index is 14.3. The quantitative estimate of drug-likeness (QED) is 0.287. The van der Waals surface area contributed by atoms with Crippen LogP contribution in [0.15, 0.2) is 89.7 Å². The highest BCUT2D eigenvalue weighted by atomic mass is 19.1. The fraction of sp³-hybridized carbons (Fsp3) is 0.286. The molecule has 2 aliphatic rings. The molecule has 0 radical (unpaired) electrons. The summed E-state index contributed by atoms with van der Waals surface area (Å²) in [5.74, 6) is -0.866. The van der Waals surface area contributed by atoms with Gasteiger partial charge in [-0.15, -0.1) is 0 Å². The largest absolute Gasteiger partial charge is 0.369 e. The molecule has 0 aliphatic carbocycles. The number of aromatic nitrogens is 1. The molecule has 7 nitrogen and oxygen atoms in total. The van der Waals surface area contributed by atoms with E-state index in [-0.39, 0.29) is 34.4 Å². The van der Waals surface area contributed by atoms with Crippen LogP contribution in [0.5, 0.6) is 0 Å². The number of amides is 2. The molecular formula is C35H35FN4O3. The molecule has 220 valence electrons. The summed E-state index contributed by atoms with van der Waals surface area (Å²) in [6.07, 6.45) is 0.991. The second-order valence-electron chi connectivity index (χ2n) is 12.6. The van der Waals surface area contributed by atoms with Gasteiger partial charge >= 0.3 is 0 Å². The number of hydrogen-bond acceptors (Lipinski definition) is 4. The number of nitrogens with one attached hydrogen (secondary N) is 2. The molecule has 8 heteroatoms. The lowest BCUT2D eigenvalue weighted by Gasteiger charge is -2.44. The Morgan fingerprint density at radius 2 is 1.49 bits per heavy atom. The van der Waals surface area contributed by atoms with Crippen molar-refractivity contribution in [2.24, 2.45) is 5.92 Å². The summed E-state index contributed by atoms with van der Waals surface area (Å²) in [5, 5.41) is 5.69. The van der Waals surface area contributed by atoms with Crippen molar-refractivity contribution in [1.82, 2.24) is 4.57 Å². The number of rotatable bonds is 5. The lowest BCUT2D eigenvalue weighted by molar-refractivity contribution is 0.101. The number of para-hydroxylation sites is 1. The molecule has 1 aromatic heterocycles. The Morgan fingerprint density at radius 1 is 0.791 bits per heavy atom. The molecule has 4 aromatic rings. The van der Waals surface area contributed by atoms with Crippen LogP contribution < -0.4 is 21.1 Å². The standard InChI is InChI=1S/C35H35FN4O3/c1-35(2,3)26-14-11-23(12-15-26)33(42)38-29-18-24(34(43)37-28-8-5-4-7-27(28)36)13-16-31(29)39-19-22-17-25(21-39)30-9-6-10-32(41)40(30)20-22/h4-16,18,22,25H,17,19-21H2,1-3H3,(H,37,43)(H,38,42). The molecular weight excluding hydrogens is 543 g/mol. The van der Waals surface area contributed by atoms with E-state index in [9.17, 15) is 18.8 Å². The first kappa shape index (κ1) is 28.4. The fourth-order valence-corrected chi connectivity index (χ4v) is 6.22. The predicted molar refractivity (Wildman–Crippen MR) is 168 cm³/mol. The zero-order valence-electron chi connectivity index (χ0n) is 24.6. The molecule has 2 N–H and O–H groups in total. The Balaban J connectivity index is 1.32. The number of fused-ring (bicyclic) bond motifs is 4. The van der Waals surface area contributed by atoms with Gasteiger partial charge in [0.2, 0.25) is 0 Å². The van der Waals surface area contributed by atoms with E-state index in [2.05, 4.69) is 36.3 Å². The van der Waals surface area contributed by atoms with E-state index in [1.165, 1.54) is 12.1 Å². The summed E-state index contributed by atoms with van der Waals surface area (Å²) in [5.41, 5.74) is 4.30. The first-order valence-electron chi connectivity index (χ1n) is 14.6. The summed E-state index contributed by atoms with van der Waals surface area (Å²) in [6, 6.07) is 24.2. The number of carbonyl (C=O) groups is 2. The van der Waals surface area contributed by atoms with Gasteiger partial charge in [-0.05, 0) is 71.8 Å². The van der Waals surface area contributed by atoms with E-state index in [1.54, 1.807) is 30.3 Å². The van der Waals surface area contributed by atoms with Crippen molar-refractivity contribution in [1.29, 1.82) is 0 Å². The zero-order valence-corrected chi connectivity index (χ0v) is 24.6. The van der Waals surface area contributed by atoms with Gasteiger partial charge in [-0.3, -0.25) is 14.4 Å². The zero-order chi connectivity index (χ0) is 30.3. The van der Waals surface area contributed by atoms with Crippen LogP contribution in [-0.4, -0.2) is 29.5 Å². The van der Waals surface area contributed by atoms with Gasteiger partial charge in [0.1, 0.15) is 5.82 Å². The SMILES string of the molecule is CC(C)(C)c1ccc(C(=O)Nc2cc(C(=O)Nc3ccccc3F)ccc2N2CC3CC(C2)c2cccc(=O)n2C3)cc1. The molecule has 6 rings (SSSR count). The third kappa shape index (κ3) is 5.82. The minimum Gasteiger partial charge on any atom is -0.369 e. The number of hydrogen-bond donors (Lipinski definition) is 2. The molecule has 2 amide bonds. The van der Waals surface area contributed by atoms with E-state index in [0.29, 0.717) is 36.4 Å². The maximum absolute atomic E-state index is 14.3. The van der Waals surface area contributed by atoms with E-state index in [0.717, 1.165) is 23.4 Å². The first-order chi connectivity index (χ1) is 20.6. The Labute approximate surface area is 250 Å². The van der Waals surface area contributed by atoms with Crippen LogP contribution >= 0.6 is 0 Å². The molecule has 43 heavy (non-hydrogen) atoms. The van der Waals surface area contributed by atoms with Gasteiger partial charge in [0.15, 0.2) is 0 Å². The minimum absolute atomic E-state index is 0.0244. The van der Waals surface area contributed by atoms with Gasteiger partial charge in [-0.1, -0.05) is 51.1 Å². The van der Waals surface area contributed by atoms with E-state index >= 15 is 0 Å². The maximum Gasteiger partial charge on any atom is 0.255 e. The van der Waals surface area contributed by atoms with Crippen molar-refractivity contribution in [3.63, 3.8) is 0 Å². The Morgan fingerprint density at radius 3 is 2.23 bits per heavy atom. The Hall–Kier alpha value is -4.72. The van der Waals surface area contributed by atoms with Gasteiger partial charge < -0.3 is 20.1 Å². The van der Waals surface area contributed by atoms with Crippen molar-refractivity contribution >= 4 is 28.9 Å². The van der Waals surface area contributed by atoms with Gasteiger partial charge in [0.05, 0.1) is 17.1 Å². The highest BCUT2D eigenvalue weighted by Crippen LogP contribution is 2.39. The van der Waals surface area contributed by atoms with Crippen molar-refractivity contribution < 1.29 is 14.0 Å². The number of benzene rings is 3. The van der Waals surface area contributed by atoms with Crippen LogP contribution in [0.4, 0.5) is 21.5 Å². The molecule has 2 unspecified atom stereocenters. The molecule has 3 heterocycles. The number of carbonyl (C=O) groups excluding carboxylic acids is 2. The van der Waals surface area contributed by atoms with Crippen LogP contribution in [-0.2, 0) is 12.0 Å². The van der Waals surface area contributed by atoms with Crippen LogP contribution in [0, 0.1) is 11.7 Å². The summed E-state index contributed by atoms with van der Waals surface area (Å²) in [6.45, 7) is 8.39. The van der Waals surface area contributed by atoms with Crippen molar-refractivity contribution in [3.05, 3.63) is 123 Å². The van der Waals surface area contributed by atoms with E-state index in [4.69, 9.17) is 0 Å². The average Bonchev–Trinajstić information content (AvgIpc) is 2.98. The van der Waals surface area contributed by atoms with Gasteiger partial charge in [-0.25, -0.2) is 4.39 Å². The molecule has 2 aliphatic heterocycles. The molecule has 0 saturated carbocycles. The normalized spacial score (nSPS) is 17.6. The molecule has 0 spiro atoms. The van der Waals surface area contributed by atoms with Crippen molar-refractivity contribution in [2.75, 3.05) is 28.6 Å². The molecule has 3 aromatic carbocycles. The van der Waals surface area contributed by atoms with Gasteiger partial charge in [0.25, 0.3) is 17.4 Å². The minimum atomic E-state index is -0.529. The average molecular weight is 579 g/mol. The van der Waals surface area contributed by atoms with Crippen LogP contribution in [0.2, 0.25) is 0 Å². The number of nitrogens with zero attached hydrogens (tertiary/aromatic N) is 2. The first-order valence-corrected chi connectivity index (χ1v) is 14.6. The Kier molecular flexibility index (Phi) is 7.38. The number of pyridine rings is 1. The molecule has 2 bridgehead atoms. The summed E-state index contributed by atoms with van der Waals surface area (Å²) in [7, 11) is 0. The van der Waals surface area contributed by atoms with E-state index in [1.807, 2.05) is 47.0 Å². The van der Waals surface area contributed by atoms with Crippen LogP contribution in [0.25, 0.3) is 0 Å². The van der Waals surface area contributed by atoms with E-state index < -0.39 is 11.7 Å². The van der Waals surface area contributed by atoms with Gasteiger partial charge in [0, 0.05) is 48.4 Å². The molecule has 2 atom stereocenters. The Bertz CT molecular complexity index is 1760.